The molecular weight excluding hydrogens is 401 g/mol. The number of rotatable bonds is 8. The Morgan fingerprint density at radius 1 is 1.26 bits per heavy atom. The number of carbonyl (C=O) groups is 1. The Kier molecular flexibility index (Phi) is 9.05. The third-order valence-corrected chi connectivity index (χ3v) is 4.11. The van der Waals surface area contributed by atoms with E-state index in [2.05, 4.69) is 25.7 Å². The average Bonchev–Trinajstić information content (AvgIpc) is 2.57. The number of hydrogen-bond acceptors (Lipinski definition) is 3. The third-order valence-electron chi connectivity index (χ3n) is 3.61. The van der Waals surface area contributed by atoms with E-state index >= 15 is 0 Å². The van der Waals surface area contributed by atoms with Crippen LogP contribution < -0.4 is 20.7 Å². The molecule has 0 heterocycles. The maximum Gasteiger partial charge on any atom is 0.387 e. The molecule has 152 valence electrons. The molecule has 0 aliphatic heterocycles. The number of aliphatic imine (C=N–C) groups is 1. The van der Waals surface area contributed by atoms with E-state index in [4.69, 9.17) is 23.2 Å². The Morgan fingerprint density at radius 3 is 2.48 bits per heavy atom. The summed E-state index contributed by atoms with van der Waals surface area (Å²) in [5.41, 5.74) is -0.324. The molecule has 1 amide bonds. The zero-order valence-corrected chi connectivity index (χ0v) is 17.1. The van der Waals surface area contributed by atoms with Crippen molar-refractivity contribution in [1.29, 1.82) is 0 Å². The molecule has 10 heteroatoms. The van der Waals surface area contributed by atoms with E-state index in [1.54, 1.807) is 20.9 Å². The summed E-state index contributed by atoms with van der Waals surface area (Å²) in [6.45, 7) is 3.36. The van der Waals surface area contributed by atoms with Crippen molar-refractivity contribution in [3.8, 4) is 5.75 Å². The largest absolute Gasteiger partial charge is 0.433 e. The Hall–Kier alpha value is -1.80. The summed E-state index contributed by atoms with van der Waals surface area (Å²) >= 11 is 11.9. The van der Waals surface area contributed by atoms with E-state index in [0.29, 0.717) is 29.6 Å². The van der Waals surface area contributed by atoms with E-state index in [9.17, 15) is 13.6 Å². The molecule has 3 N–H and O–H groups in total. The molecule has 0 spiro atoms. The second kappa shape index (κ2) is 10.5. The highest BCUT2D eigenvalue weighted by Crippen LogP contribution is 2.33. The molecule has 0 atom stereocenters. The van der Waals surface area contributed by atoms with Gasteiger partial charge in [0, 0.05) is 37.3 Å². The number of alkyl halides is 2. The Balaban J connectivity index is 2.79. The minimum absolute atomic E-state index is 0.0140. The van der Waals surface area contributed by atoms with Crippen LogP contribution in [0.1, 0.15) is 26.3 Å². The highest BCUT2D eigenvalue weighted by molar-refractivity contribution is 6.35. The number of nitrogens with one attached hydrogen (secondary N) is 3. The Labute approximate surface area is 167 Å². The summed E-state index contributed by atoms with van der Waals surface area (Å²) in [5.74, 6) is 0.135. The number of carbonyl (C=O) groups excluding carboxylic acids is 1. The van der Waals surface area contributed by atoms with Crippen molar-refractivity contribution >= 4 is 35.1 Å². The van der Waals surface area contributed by atoms with E-state index < -0.39 is 12.0 Å². The molecule has 0 bridgehead atoms. The lowest BCUT2D eigenvalue weighted by atomic mass is 9.92. The quantitative estimate of drug-likeness (QED) is 0.441. The van der Waals surface area contributed by atoms with Gasteiger partial charge < -0.3 is 20.7 Å². The number of guanidine groups is 1. The number of ether oxygens (including phenoxy) is 1. The third kappa shape index (κ3) is 7.38. The number of nitrogens with zero attached hydrogens (tertiary/aromatic N) is 1. The van der Waals surface area contributed by atoms with Crippen molar-refractivity contribution in [2.45, 2.75) is 33.9 Å². The van der Waals surface area contributed by atoms with Crippen LogP contribution in [-0.4, -0.2) is 38.6 Å². The molecule has 1 rings (SSSR count). The lowest BCUT2D eigenvalue weighted by Gasteiger charge is -2.25. The number of halogens is 4. The van der Waals surface area contributed by atoms with Crippen LogP contribution in [-0.2, 0) is 11.3 Å². The van der Waals surface area contributed by atoms with Gasteiger partial charge in [0.1, 0.15) is 5.75 Å². The van der Waals surface area contributed by atoms with E-state index in [1.165, 1.54) is 12.1 Å². The predicted octanol–water partition coefficient (Wildman–Crippen LogP) is 3.42. The van der Waals surface area contributed by atoms with Crippen molar-refractivity contribution in [1.82, 2.24) is 16.0 Å². The molecule has 0 aliphatic carbocycles. The first-order chi connectivity index (χ1) is 12.6. The van der Waals surface area contributed by atoms with Gasteiger partial charge in [-0.05, 0) is 32.9 Å². The van der Waals surface area contributed by atoms with Gasteiger partial charge in [0.25, 0.3) is 0 Å². The normalized spacial score (nSPS) is 12.1. The van der Waals surface area contributed by atoms with Gasteiger partial charge in [-0.1, -0.05) is 23.2 Å². The zero-order valence-electron chi connectivity index (χ0n) is 15.6. The van der Waals surface area contributed by atoms with Crippen LogP contribution in [0.4, 0.5) is 8.78 Å². The second-order valence-corrected chi connectivity index (χ2v) is 7.12. The maximum atomic E-state index is 12.6. The maximum absolute atomic E-state index is 12.6. The van der Waals surface area contributed by atoms with Crippen molar-refractivity contribution < 1.29 is 18.3 Å². The van der Waals surface area contributed by atoms with Crippen LogP contribution in [0.2, 0.25) is 10.0 Å². The fourth-order valence-corrected chi connectivity index (χ4v) is 2.73. The van der Waals surface area contributed by atoms with Gasteiger partial charge in [-0.2, -0.15) is 8.78 Å². The van der Waals surface area contributed by atoms with Crippen LogP contribution >= 0.6 is 23.2 Å². The van der Waals surface area contributed by atoms with Crippen LogP contribution in [0, 0.1) is 5.41 Å². The number of amides is 1. The topological polar surface area (TPSA) is 74.8 Å². The van der Waals surface area contributed by atoms with E-state index in [0.717, 1.165) is 0 Å². The van der Waals surface area contributed by atoms with Crippen LogP contribution in [0.3, 0.4) is 0 Å². The highest BCUT2D eigenvalue weighted by atomic mass is 35.5. The van der Waals surface area contributed by atoms with Gasteiger partial charge in [-0.15, -0.1) is 0 Å². The number of benzene rings is 1. The first-order valence-corrected chi connectivity index (χ1v) is 9.01. The summed E-state index contributed by atoms with van der Waals surface area (Å²) in [5, 5.41) is 9.04. The Bertz CT molecular complexity index is 685. The van der Waals surface area contributed by atoms with E-state index in [-0.39, 0.29) is 23.2 Å². The fraction of sp³-hybridized carbons (Fsp3) is 0.529. The van der Waals surface area contributed by atoms with Crippen molar-refractivity contribution in [2.24, 2.45) is 10.4 Å². The highest BCUT2D eigenvalue weighted by Gasteiger charge is 2.27. The summed E-state index contributed by atoms with van der Waals surface area (Å²) < 4.78 is 29.7. The van der Waals surface area contributed by atoms with Crippen molar-refractivity contribution in [3.05, 3.63) is 27.7 Å². The average molecular weight is 425 g/mol. The molecule has 0 saturated heterocycles. The van der Waals surface area contributed by atoms with E-state index in [1.807, 2.05) is 6.92 Å². The lowest BCUT2D eigenvalue weighted by Crippen LogP contribution is -2.47. The van der Waals surface area contributed by atoms with Gasteiger partial charge in [0.15, 0.2) is 5.96 Å². The summed E-state index contributed by atoms with van der Waals surface area (Å²) in [6, 6.07) is 2.80. The molecule has 0 unspecified atom stereocenters. The second-order valence-electron chi connectivity index (χ2n) is 6.28. The zero-order chi connectivity index (χ0) is 20.6. The van der Waals surface area contributed by atoms with Crippen molar-refractivity contribution in [3.63, 3.8) is 0 Å². The van der Waals surface area contributed by atoms with Gasteiger partial charge in [-0.25, -0.2) is 0 Å². The molecule has 27 heavy (non-hydrogen) atoms. The standard InChI is InChI=1S/C17H24Cl2F2N4O2/c1-5-23-14(26)17(2,3)9-25-16(22-4)24-8-10-6-11(18)7-12(19)13(10)27-15(20)21/h6-7,15H,5,8-9H2,1-4H3,(H,23,26)(H2,22,24,25). The first kappa shape index (κ1) is 23.2. The van der Waals surface area contributed by atoms with Crippen LogP contribution in [0.25, 0.3) is 0 Å². The molecule has 1 aromatic carbocycles. The van der Waals surface area contributed by atoms with Gasteiger partial charge in [-0.3, -0.25) is 9.79 Å². The fourth-order valence-electron chi connectivity index (χ4n) is 2.15. The lowest BCUT2D eigenvalue weighted by molar-refractivity contribution is -0.128. The van der Waals surface area contributed by atoms with Crippen molar-refractivity contribution in [2.75, 3.05) is 20.1 Å². The SMILES string of the molecule is CCNC(=O)C(C)(C)CNC(=NC)NCc1cc(Cl)cc(Cl)c1OC(F)F. The molecule has 0 saturated carbocycles. The molecule has 0 radical (unpaired) electrons. The van der Waals surface area contributed by atoms with Gasteiger partial charge in [0.05, 0.1) is 10.4 Å². The molecule has 0 aromatic heterocycles. The van der Waals surface area contributed by atoms with Gasteiger partial charge in [0.2, 0.25) is 5.91 Å². The summed E-state index contributed by atoms with van der Waals surface area (Å²) in [4.78, 5) is 16.1. The Morgan fingerprint density at radius 2 is 1.93 bits per heavy atom. The van der Waals surface area contributed by atoms with Gasteiger partial charge >= 0.3 is 6.61 Å². The monoisotopic (exact) mass is 424 g/mol. The smallest absolute Gasteiger partial charge is 0.387 e. The summed E-state index contributed by atoms with van der Waals surface area (Å²) in [6.07, 6.45) is 0. The predicted molar refractivity (Wildman–Crippen MR) is 104 cm³/mol. The molecule has 0 fully saturated rings. The minimum Gasteiger partial charge on any atom is -0.433 e. The minimum atomic E-state index is -3.02. The molecule has 6 nitrogen and oxygen atoms in total. The first-order valence-electron chi connectivity index (χ1n) is 8.26. The summed E-state index contributed by atoms with van der Waals surface area (Å²) in [7, 11) is 1.55. The van der Waals surface area contributed by atoms with Crippen LogP contribution in [0.15, 0.2) is 17.1 Å². The molecular formula is C17H24Cl2F2N4O2. The molecule has 1 aromatic rings. The number of hydrogen-bond donors (Lipinski definition) is 3. The molecule has 0 aliphatic rings. The van der Waals surface area contributed by atoms with Crippen LogP contribution in [0.5, 0.6) is 5.75 Å².